The number of hydrogen-bond acceptors (Lipinski definition) is 5. The SMILES string of the molecule is Cc1noc(C)c1S(=O)(=O)N1CCO[C@@H](c2ccccc2)C1. The van der Waals surface area contributed by atoms with Gasteiger partial charge in [-0.15, -0.1) is 0 Å². The summed E-state index contributed by atoms with van der Waals surface area (Å²) in [6, 6.07) is 9.64. The molecule has 118 valence electrons. The van der Waals surface area contributed by atoms with Gasteiger partial charge in [0, 0.05) is 13.1 Å². The van der Waals surface area contributed by atoms with Crippen molar-refractivity contribution in [3.63, 3.8) is 0 Å². The molecule has 2 aromatic rings. The van der Waals surface area contributed by atoms with Gasteiger partial charge in [0.25, 0.3) is 0 Å². The molecule has 2 heterocycles. The molecule has 1 fully saturated rings. The Labute approximate surface area is 129 Å². The van der Waals surface area contributed by atoms with Gasteiger partial charge in [0.2, 0.25) is 10.0 Å². The Morgan fingerprint density at radius 1 is 1.23 bits per heavy atom. The third-order valence-corrected chi connectivity index (χ3v) is 5.88. The molecular formula is C15H18N2O4S. The van der Waals surface area contributed by atoms with E-state index in [-0.39, 0.29) is 17.5 Å². The highest BCUT2D eigenvalue weighted by atomic mass is 32.2. The summed E-state index contributed by atoms with van der Waals surface area (Å²) in [5, 5.41) is 3.74. The fourth-order valence-electron chi connectivity index (χ4n) is 2.69. The van der Waals surface area contributed by atoms with E-state index < -0.39 is 10.0 Å². The van der Waals surface area contributed by atoms with Crippen molar-refractivity contribution in [2.45, 2.75) is 24.8 Å². The number of hydrogen-bond donors (Lipinski definition) is 0. The number of rotatable bonds is 3. The number of aryl methyl sites for hydroxylation is 2. The first kappa shape index (κ1) is 15.2. The van der Waals surface area contributed by atoms with E-state index in [1.54, 1.807) is 13.8 Å². The largest absolute Gasteiger partial charge is 0.371 e. The average Bonchev–Trinajstić information content (AvgIpc) is 2.88. The van der Waals surface area contributed by atoms with Crippen molar-refractivity contribution < 1.29 is 17.7 Å². The molecule has 0 bridgehead atoms. The predicted molar refractivity (Wildman–Crippen MR) is 79.9 cm³/mol. The standard InChI is InChI=1S/C15H18N2O4S/c1-11-15(12(2)21-16-11)22(18,19)17-8-9-20-14(10-17)13-6-4-3-5-7-13/h3-7,14H,8-10H2,1-2H3/t14-/m1/s1. The molecule has 6 nitrogen and oxygen atoms in total. The summed E-state index contributed by atoms with van der Waals surface area (Å²) in [6.07, 6.45) is -0.259. The fourth-order valence-corrected chi connectivity index (χ4v) is 4.40. The maximum absolute atomic E-state index is 12.8. The van der Waals surface area contributed by atoms with Crippen LogP contribution in [0.3, 0.4) is 0 Å². The number of morpholine rings is 1. The van der Waals surface area contributed by atoms with Crippen molar-refractivity contribution in [2.24, 2.45) is 0 Å². The van der Waals surface area contributed by atoms with Crippen LogP contribution in [0.1, 0.15) is 23.1 Å². The first-order valence-electron chi connectivity index (χ1n) is 7.09. The second kappa shape index (κ2) is 5.83. The number of nitrogens with zero attached hydrogens (tertiary/aromatic N) is 2. The van der Waals surface area contributed by atoms with E-state index in [0.717, 1.165) is 5.56 Å². The summed E-state index contributed by atoms with van der Waals surface area (Å²) in [7, 11) is -3.62. The van der Waals surface area contributed by atoms with Crippen LogP contribution in [0.25, 0.3) is 0 Å². The van der Waals surface area contributed by atoms with Crippen LogP contribution in [0.5, 0.6) is 0 Å². The molecule has 0 radical (unpaired) electrons. The molecule has 0 aliphatic carbocycles. The number of benzene rings is 1. The molecule has 0 N–H and O–H groups in total. The van der Waals surface area contributed by atoms with Crippen molar-refractivity contribution in [1.29, 1.82) is 0 Å². The molecule has 22 heavy (non-hydrogen) atoms. The molecule has 0 saturated carbocycles. The monoisotopic (exact) mass is 322 g/mol. The highest BCUT2D eigenvalue weighted by molar-refractivity contribution is 7.89. The zero-order valence-corrected chi connectivity index (χ0v) is 13.3. The lowest BCUT2D eigenvalue weighted by molar-refractivity contribution is -0.00258. The van der Waals surface area contributed by atoms with Gasteiger partial charge in [-0.2, -0.15) is 4.31 Å². The van der Waals surface area contributed by atoms with Crippen molar-refractivity contribution in [1.82, 2.24) is 9.46 Å². The predicted octanol–water partition coefficient (Wildman–Crippen LogP) is 2.05. The molecule has 1 aromatic carbocycles. The number of ether oxygens (including phenoxy) is 1. The smallest absolute Gasteiger partial charge is 0.248 e. The van der Waals surface area contributed by atoms with Crippen LogP contribution in [0, 0.1) is 13.8 Å². The summed E-state index contributed by atoms with van der Waals surface area (Å²) in [5.74, 6) is 0.320. The van der Waals surface area contributed by atoms with E-state index in [0.29, 0.717) is 24.6 Å². The van der Waals surface area contributed by atoms with Gasteiger partial charge >= 0.3 is 0 Å². The van der Waals surface area contributed by atoms with Crippen molar-refractivity contribution >= 4 is 10.0 Å². The van der Waals surface area contributed by atoms with Gasteiger partial charge in [-0.05, 0) is 19.4 Å². The van der Waals surface area contributed by atoms with E-state index >= 15 is 0 Å². The van der Waals surface area contributed by atoms with Gasteiger partial charge in [-0.25, -0.2) is 8.42 Å². The van der Waals surface area contributed by atoms with Gasteiger partial charge in [0.15, 0.2) is 5.76 Å². The molecule has 1 aliphatic heterocycles. The molecule has 0 spiro atoms. The average molecular weight is 322 g/mol. The second-order valence-corrected chi connectivity index (χ2v) is 7.16. The summed E-state index contributed by atoms with van der Waals surface area (Å²) in [5.41, 5.74) is 1.36. The lowest BCUT2D eigenvalue weighted by atomic mass is 10.1. The Morgan fingerprint density at radius 3 is 2.59 bits per heavy atom. The van der Waals surface area contributed by atoms with Crippen LogP contribution in [0.2, 0.25) is 0 Å². The first-order valence-corrected chi connectivity index (χ1v) is 8.53. The van der Waals surface area contributed by atoms with Crippen molar-refractivity contribution in [3.05, 3.63) is 47.3 Å². The van der Waals surface area contributed by atoms with E-state index in [9.17, 15) is 8.42 Å². The molecular weight excluding hydrogens is 304 g/mol. The van der Waals surface area contributed by atoms with E-state index in [4.69, 9.17) is 9.26 Å². The highest BCUT2D eigenvalue weighted by Crippen LogP contribution is 2.29. The highest BCUT2D eigenvalue weighted by Gasteiger charge is 2.35. The minimum absolute atomic E-state index is 0.168. The Hall–Kier alpha value is -1.70. The molecule has 3 rings (SSSR count). The Balaban J connectivity index is 1.89. The quantitative estimate of drug-likeness (QED) is 0.865. The molecule has 1 saturated heterocycles. The first-order chi connectivity index (χ1) is 10.5. The van der Waals surface area contributed by atoms with E-state index in [2.05, 4.69) is 5.16 Å². The fraction of sp³-hybridized carbons (Fsp3) is 0.400. The Bertz CT molecular complexity index is 736. The number of sulfonamides is 1. The third-order valence-electron chi connectivity index (χ3n) is 3.77. The Kier molecular flexibility index (Phi) is 4.03. The molecule has 1 atom stereocenters. The topological polar surface area (TPSA) is 72.6 Å². The molecule has 1 aromatic heterocycles. The normalized spacial score (nSPS) is 20.2. The van der Waals surface area contributed by atoms with Crippen LogP contribution in [-0.4, -0.2) is 37.6 Å². The second-order valence-electron chi connectivity index (χ2n) is 5.29. The maximum Gasteiger partial charge on any atom is 0.248 e. The van der Waals surface area contributed by atoms with Crippen LogP contribution in [0.15, 0.2) is 39.8 Å². The summed E-state index contributed by atoms with van der Waals surface area (Å²) in [6.45, 7) is 4.23. The van der Waals surface area contributed by atoms with Crippen LogP contribution >= 0.6 is 0 Å². The van der Waals surface area contributed by atoms with Crippen LogP contribution in [0.4, 0.5) is 0 Å². The molecule has 1 aliphatic rings. The van der Waals surface area contributed by atoms with Crippen LogP contribution in [-0.2, 0) is 14.8 Å². The molecule has 0 unspecified atom stereocenters. The maximum atomic E-state index is 12.8. The van der Waals surface area contributed by atoms with Crippen molar-refractivity contribution in [3.8, 4) is 0 Å². The van der Waals surface area contributed by atoms with Gasteiger partial charge < -0.3 is 9.26 Å². The van der Waals surface area contributed by atoms with Gasteiger partial charge in [0.1, 0.15) is 10.6 Å². The summed E-state index contributed by atoms with van der Waals surface area (Å²) >= 11 is 0. The molecule has 0 amide bonds. The third kappa shape index (κ3) is 2.67. The zero-order chi connectivity index (χ0) is 15.7. The van der Waals surface area contributed by atoms with Gasteiger partial charge in [0.05, 0.1) is 12.7 Å². The minimum atomic E-state index is -3.62. The van der Waals surface area contributed by atoms with Gasteiger partial charge in [-0.1, -0.05) is 35.5 Å². The number of aromatic nitrogens is 1. The summed E-state index contributed by atoms with van der Waals surface area (Å²) < 4.78 is 37.8. The van der Waals surface area contributed by atoms with E-state index in [1.165, 1.54) is 4.31 Å². The zero-order valence-electron chi connectivity index (χ0n) is 12.5. The lowest BCUT2D eigenvalue weighted by Crippen LogP contribution is -2.42. The van der Waals surface area contributed by atoms with Crippen LogP contribution < -0.4 is 0 Å². The summed E-state index contributed by atoms with van der Waals surface area (Å²) in [4.78, 5) is 0.168. The van der Waals surface area contributed by atoms with E-state index in [1.807, 2.05) is 30.3 Å². The minimum Gasteiger partial charge on any atom is -0.371 e. The van der Waals surface area contributed by atoms with Gasteiger partial charge in [-0.3, -0.25) is 0 Å². The van der Waals surface area contributed by atoms with Crippen molar-refractivity contribution in [2.75, 3.05) is 19.7 Å². The lowest BCUT2D eigenvalue weighted by Gasteiger charge is -2.32. The Morgan fingerprint density at radius 2 is 1.95 bits per heavy atom. The molecule has 7 heteroatoms.